The normalized spacial score (nSPS) is 13.1. The first kappa shape index (κ1) is 15.5. The molecule has 6 heteroatoms. The predicted molar refractivity (Wildman–Crippen MR) is 87.7 cm³/mol. The zero-order valence-corrected chi connectivity index (χ0v) is 13.3. The van der Waals surface area contributed by atoms with E-state index in [0.717, 1.165) is 38.1 Å². The smallest absolute Gasteiger partial charge is 0.261 e. The van der Waals surface area contributed by atoms with E-state index < -0.39 is 0 Å². The quantitative estimate of drug-likeness (QED) is 0.823. The van der Waals surface area contributed by atoms with Gasteiger partial charge in [0.25, 0.3) is 11.5 Å². The van der Waals surface area contributed by atoms with Crippen LogP contribution in [0.2, 0.25) is 0 Å². The minimum Gasteiger partial charge on any atom is -0.484 e. The maximum absolute atomic E-state index is 12.5. The van der Waals surface area contributed by atoms with E-state index >= 15 is 0 Å². The van der Waals surface area contributed by atoms with Gasteiger partial charge in [0.05, 0.1) is 10.9 Å². The van der Waals surface area contributed by atoms with E-state index in [4.69, 9.17) is 4.74 Å². The van der Waals surface area contributed by atoms with E-state index in [1.54, 1.807) is 22.8 Å². The zero-order valence-electron chi connectivity index (χ0n) is 13.3. The summed E-state index contributed by atoms with van der Waals surface area (Å²) in [4.78, 5) is 28.7. The summed E-state index contributed by atoms with van der Waals surface area (Å²) in [6.07, 6.45) is 3.80. The zero-order chi connectivity index (χ0) is 16.2. The van der Waals surface area contributed by atoms with Crippen molar-refractivity contribution in [3.8, 4) is 5.75 Å². The number of ether oxygens (including phenoxy) is 1. The van der Waals surface area contributed by atoms with Crippen molar-refractivity contribution in [3.63, 3.8) is 0 Å². The maximum atomic E-state index is 12.5. The second-order valence-electron chi connectivity index (χ2n) is 5.76. The van der Waals surface area contributed by atoms with E-state index in [-0.39, 0.29) is 18.1 Å². The highest BCUT2D eigenvalue weighted by molar-refractivity contribution is 5.80. The molecule has 6 nitrogen and oxygen atoms in total. The second-order valence-corrected chi connectivity index (χ2v) is 5.76. The first-order valence-electron chi connectivity index (χ1n) is 8.12. The molecule has 122 valence electrons. The van der Waals surface area contributed by atoms with Crippen LogP contribution in [0.1, 0.15) is 32.0 Å². The van der Waals surface area contributed by atoms with Gasteiger partial charge in [0.1, 0.15) is 11.6 Å². The molecule has 1 aromatic carbocycles. The number of unbranched alkanes of at least 4 members (excludes halogenated alkanes) is 1. The van der Waals surface area contributed by atoms with Crippen LogP contribution in [0.4, 0.5) is 0 Å². The molecule has 2 aromatic rings. The first-order chi connectivity index (χ1) is 11.2. The van der Waals surface area contributed by atoms with Gasteiger partial charge in [-0.05, 0) is 31.0 Å². The lowest BCUT2D eigenvalue weighted by Crippen LogP contribution is -2.29. The summed E-state index contributed by atoms with van der Waals surface area (Å²) >= 11 is 0. The highest BCUT2D eigenvalue weighted by atomic mass is 16.5. The van der Waals surface area contributed by atoms with Gasteiger partial charge in [-0.3, -0.25) is 14.2 Å². The number of hydrogen-bond acceptors (Lipinski definition) is 4. The molecule has 0 bridgehead atoms. The second kappa shape index (κ2) is 6.81. The Morgan fingerprint density at radius 2 is 2.30 bits per heavy atom. The fourth-order valence-electron chi connectivity index (χ4n) is 2.76. The van der Waals surface area contributed by atoms with Crippen LogP contribution >= 0.6 is 0 Å². The van der Waals surface area contributed by atoms with Gasteiger partial charge in [-0.25, -0.2) is 4.98 Å². The Balaban J connectivity index is 1.73. The van der Waals surface area contributed by atoms with E-state index in [2.05, 4.69) is 17.2 Å². The molecule has 0 aliphatic carbocycles. The van der Waals surface area contributed by atoms with Crippen LogP contribution in [0.3, 0.4) is 0 Å². The number of nitrogens with one attached hydrogen (secondary N) is 1. The SMILES string of the molecule is CCCCNC(=O)COc1ccc2nc3n(c(=O)c2c1)CCC3. The third-order valence-corrected chi connectivity index (χ3v) is 4.01. The molecule has 1 amide bonds. The topological polar surface area (TPSA) is 73.2 Å². The summed E-state index contributed by atoms with van der Waals surface area (Å²) in [5.74, 6) is 1.22. The number of aryl methyl sites for hydroxylation is 1. The molecule has 0 radical (unpaired) electrons. The molecule has 1 aliphatic heterocycles. The molecule has 0 fully saturated rings. The highest BCUT2D eigenvalue weighted by Gasteiger charge is 2.16. The van der Waals surface area contributed by atoms with Crippen molar-refractivity contribution in [1.29, 1.82) is 0 Å². The Morgan fingerprint density at radius 3 is 3.13 bits per heavy atom. The fraction of sp³-hybridized carbons (Fsp3) is 0.471. The fourth-order valence-corrected chi connectivity index (χ4v) is 2.76. The van der Waals surface area contributed by atoms with E-state index in [9.17, 15) is 9.59 Å². The third-order valence-electron chi connectivity index (χ3n) is 4.01. The van der Waals surface area contributed by atoms with Crippen molar-refractivity contribution in [2.75, 3.05) is 13.2 Å². The standard InChI is InChI=1S/C17H21N3O3/c1-2-3-8-18-16(21)11-23-12-6-7-14-13(10-12)17(22)20-9-4-5-15(20)19-14/h6-7,10H,2-5,8-9,11H2,1H3,(H,18,21). The van der Waals surface area contributed by atoms with Crippen molar-refractivity contribution < 1.29 is 9.53 Å². The first-order valence-corrected chi connectivity index (χ1v) is 8.12. The minimum atomic E-state index is -0.151. The molecule has 2 heterocycles. The number of fused-ring (bicyclic) bond motifs is 2. The summed E-state index contributed by atoms with van der Waals surface area (Å²) in [5.41, 5.74) is 0.656. The number of hydrogen-bond donors (Lipinski definition) is 1. The van der Waals surface area contributed by atoms with E-state index in [1.807, 2.05) is 0 Å². The Hall–Kier alpha value is -2.37. The number of benzene rings is 1. The molecular weight excluding hydrogens is 294 g/mol. The van der Waals surface area contributed by atoms with Crippen LogP contribution in [0, 0.1) is 0 Å². The summed E-state index contributed by atoms with van der Waals surface area (Å²) in [7, 11) is 0. The molecule has 0 saturated carbocycles. The molecular formula is C17H21N3O3. The van der Waals surface area contributed by atoms with Crippen LogP contribution in [0.5, 0.6) is 5.75 Å². The van der Waals surface area contributed by atoms with Crippen molar-refractivity contribution in [1.82, 2.24) is 14.9 Å². The minimum absolute atomic E-state index is 0.0275. The average molecular weight is 315 g/mol. The van der Waals surface area contributed by atoms with Gasteiger partial charge in [0.15, 0.2) is 6.61 Å². The van der Waals surface area contributed by atoms with Crippen LogP contribution in [-0.2, 0) is 17.8 Å². The monoisotopic (exact) mass is 315 g/mol. The van der Waals surface area contributed by atoms with Crippen molar-refractivity contribution in [3.05, 3.63) is 34.4 Å². The van der Waals surface area contributed by atoms with Crippen LogP contribution in [-0.4, -0.2) is 28.6 Å². The summed E-state index contributed by atoms with van der Waals surface area (Å²) in [5, 5.41) is 3.34. The predicted octanol–water partition coefficient (Wildman–Crippen LogP) is 1.64. The van der Waals surface area contributed by atoms with Crippen LogP contribution in [0.25, 0.3) is 10.9 Å². The molecule has 1 aliphatic rings. The Morgan fingerprint density at radius 1 is 1.43 bits per heavy atom. The van der Waals surface area contributed by atoms with Gasteiger partial charge < -0.3 is 10.1 Å². The molecule has 0 saturated heterocycles. The van der Waals surface area contributed by atoms with Crippen molar-refractivity contribution >= 4 is 16.8 Å². The van der Waals surface area contributed by atoms with Crippen molar-refractivity contribution in [2.24, 2.45) is 0 Å². The van der Waals surface area contributed by atoms with E-state index in [0.29, 0.717) is 23.2 Å². The van der Waals surface area contributed by atoms with Gasteiger partial charge in [0.2, 0.25) is 0 Å². The number of aromatic nitrogens is 2. The van der Waals surface area contributed by atoms with Gasteiger partial charge in [0, 0.05) is 19.5 Å². The number of carbonyl (C=O) groups excluding carboxylic acids is 1. The Bertz CT molecular complexity index is 782. The molecule has 0 atom stereocenters. The number of rotatable bonds is 6. The van der Waals surface area contributed by atoms with Gasteiger partial charge in [-0.1, -0.05) is 13.3 Å². The molecule has 23 heavy (non-hydrogen) atoms. The lowest BCUT2D eigenvalue weighted by molar-refractivity contribution is -0.123. The summed E-state index contributed by atoms with van der Waals surface area (Å²) in [6, 6.07) is 5.20. The number of carbonyl (C=O) groups is 1. The maximum Gasteiger partial charge on any atom is 0.261 e. The summed E-state index contributed by atoms with van der Waals surface area (Å²) in [6.45, 7) is 3.41. The molecule has 1 aromatic heterocycles. The number of nitrogens with zero attached hydrogens (tertiary/aromatic N) is 2. The molecule has 0 spiro atoms. The van der Waals surface area contributed by atoms with Gasteiger partial charge in [-0.15, -0.1) is 0 Å². The van der Waals surface area contributed by atoms with Gasteiger partial charge >= 0.3 is 0 Å². The third kappa shape index (κ3) is 3.36. The molecule has 1 N–H and O–H groups in total. The summed E-state index contributed by atoms with van der Waals surface area (Å²) < 4.78 is 7.22. The van der Waals surface area contributed by atoms with Gasteiger partial charge in [-0.2, -0.15) is 0 Å². The Labute approximate surface area is 134 Å². The highest BCUT2D eigenvalue weighted by Crippen LogP contribution is 2.19. The molecule has 3 rings (SSSR count). The van der Waals surface area contributed by atoms with Crippen LogP contribution < -0.4 is 15.6 Å². The lowest BCUT2D eigenvalue weighted by atomic mass is 10.2. The van der Waals surface area contributed by atoms with E-state index in [1.165, 1.54) is 0 Å². The lowest BCUT2D eigenvalue weighted by Gasteiger charge is -2.09. The van der Waals surface area contributed by atoms with Crippen molar-refractivity contribution in [2.45, 2.75) is 39.2 Å². The average Bonchev–Trinajstić information content (AvgIpc) is 3.02. The Kier molecular flexibility index (Phi) is 4.60. The largest absolute Gasteiger partial charge is 0.484 e. The molecule has 0 unspecified atom stereocenters. The van der Waals surface area contributed by atoms with Crippen LogP contribution in [0.15, 0.2) is 23.0 Å². The number of amides is 1.